The molecule has 2 aromatic rings. The zero-order valence-corrected chi connectivity index (χ0v) is 12.5. The number of aromatic nitrogens is 2. The van der Waals surface area contributed by atoms with Crippen molar-refractivity contribution in [3.63, 3.8) is 0 Å². The van der Waals surface area contributed by atoms with Crippen molar-refractivity contribution in [3.05, 3.63) is 45.9 Å². The van der Waals surface area contributed by atoms with Crippen LogP contribution in [0.2, 0.25) is 5.15 Å². The molecule has 2 N–H and O–H groups in total. The Hall–Kier alpha value is -2.21. The predicted molar refractivity (Wildman–Crippen MR) is 78.7 cm³/mol. The third-order valence-corrected chi connectivity index (χ3v) is 3.95. The van der Waals surface area contributed by atoms with Crippen molar-refractivity contribution >= 4 is 17.5 Å². The van der Waals surface area contributed by atoms with Gasteiger partial charge >= 0.3 is 0 Å². The highest BCUT2D eigenvalue weighted by molar-refractivity contribution is 6.30. The van der Waals surface area contributed by atoms with Gasteiger partial charge in [-0.1, -0.05) is 23.7 Å². The summed E-state index contributed by atoms with van der Waals surface area (Å²) in [5.41, 5.74) is 6.27. The van der Waals surface area contributed by atoms with Gasteiger partial charge in [-0.05, 0) is 37.3 Å². The van der Waals surface area contributed by atoms with Crippen LogP contribution in [0.5, 0.6) is 11.6 Å². The third-order valence-electron chi connectivity index (χ3n) is 3.59. The molecular weight excluding hydrogens is 309 g/mol. The molecule has 1 aliphatic rings. The lowest BCUT2D eigenvalue weighted by molar-refractivity contribution is 0.0996. The first-order valence-electron chi connectivity index (χ1n) is 6.78. The number of hydrogen-bond donors (Lipinski definition) is 1. The van der Waals surface area contributed by atoms with Gasteiger partial charge in [0.2, 0.25) is 0 Å². The van der Waals surface area contributed by atoms with E-state index in [1.165, 1.54) is 6.07 Å². The van der Waals surface area contributed by atoms with Gasteiger partial charge in [-0.25, -0.2) is 4.39 Å². The van der Waals surface area contributed by atoms with E-state index in [4.69, 9.17) is 22.1 Å². The quantitative estimate of drug-likeness (QED) is 0.936. The fourth-order valence-corrected chi connectivity index (χ4v) is 2.39. The second-order valence-corrected chi connectivity index (χ2v) is 5.55. The fraction of sp³-hybridized carbons (Fsp3) is 0.267. The number of carbonyl (C=O) groups excluding carboxylic acids is 1. The molecule has 3 rings (SSSR count). The molecule has 0 bridgehead atoms. The van der Waals surface area contributed by atoms with Crippen molar-refractivity contribution in [2.45, 2.75) is 25.7 Å². The molecule has 1 aromatic carbocycles. The SMILES string of the molecule is Cc1c(Cl)nnc(Oc2cccc(C3CC3)c2F)c1C(N)=O. The summed E-state index contributed by atoms with van der Waals surface area (Å²) in [6, 6.07) is 4.90. The van der Waals surface area contributed by atoms with Crippen molar-refractivity contribution in [2.75, 3.05) is 0 Å². The molecule has 0 atom stereocenters. The van der Waals surface area contributed by atoms with Crippen LogP contribution in [0.4, 0.5) is 4.39 Å². The summed E-state index contributed by atoms with van der Waals surface area (Å²) in [5, 5.41) is 7.44. The highest BCUT2D eigenvalue weighted by Crippen LogP contribution is 2.43. The zero-order valence-electron chi connectivity index (χ0n) is 11.8. The lowest BCUT2D eigenvalue weighted by Crippen LogP contribution is -2.16. The van der Waals surface area contributed by atoms with Gasteiger partial charge in [-0.3, -0.25) is 4.79 Å². The van der Waals surface area contributed by atoms with Crippen LogP contribution < -0.4 is 10.5 Å². The molecule has 1 amide bonds. The Balaban J connectivity index is 2.02. The number of benzene rings is 1. The van der Waals surface area contributed by atoms with Crippen LogP contribution in [0.15, 0.2) is 18.2 Å². The number of primary amides is 1. The minimum atomic E-state index is -0.761. The average molecular weight is 322 g/mol. The van der Waals surface area contributed by atoms with Gasteiger partial charge in [-0.2, -0.15) is 0 Å². The number of carbonyl (C=O) groups is 1. The van der Waals surface area contributed by atoms with Gasteiger partial charge in [-0.15, -0.1) is 10.2 Å². The number of hydrogen-bond acceptors (Lipinski definition) is 4. The van der Waals surface area contributed by atoms with Gasteiger partial charge < -0.3 is 10.5 Å². The van der Waals surface area contributed by atoms with Gasteiger partial charge in [0.05, 0.1) is 0 Å². The third kappa shape index (κ3) is 2.62. The van der Waals surface area contributed by atoms with E-state index in [2.05, 4.69) is 10.2 Å². The van der Waals surface area contributed by atoms with E-state index < -0.39 is 11.7 Å². The molecule has 5 nitrogen and oxygen atoms in total. The molecule has 1 fully saturated rings. The molecule has 1 aromatic heterocycles. The number of halogens is 2. The van der Waals surface area contributed by atoms with Crippen LogP contribution in [-0.2, 0) is 0 Å². The molecule has 0 unspecified atom stereocenters. The van der Waals surface area contributed by atoms with Crippen molar-refractivity contribution in [1.29, 1.82) is 0 Å². The largest absolute Gasteiger partial charge is 0.434 e. The van der Waals surface area contributed by atoms with E-state index in [1.54, 1.807) is 19.1 Å². The molecule has 0 saturated heterocycles. The Morgan fingerprint density at radius 1 is 1.41 bits per heavy atom. The lowest BCUT2D eigenvalue weighted by atomic mass is 10.1. The Kier molecular flexibility index (Phi) is 3.70. The molecular formula is C15H13ClFN3O2. The van der Waals surface area contributed by atoms with E-state index in [0.29, 0.717) is 11.1 Å². The molecule has 0 radical (unpaired) electrons. The molecule has 22 heavy (non-hydrogen) atoms. The number of amides is 1. The maximum atomic E-state index is 14.4. The first-order chi connectivity index (χ1) is 10.5. The molecule has 1 saturated carbocycles. The maximum Gasteiger partial charge on any atom is 0.254 e. The Morgan fingerprint density at radius 2 is 2.14 bits per heavy atom. The van der Waals surface area contributed by atoms with Crippen molar-refractivity contribution in [2.24, 2.45) is 5.73 Å². The summed E-state index contributed by atoms with van der Waals surface area (Å²) in [4.78, 5) is 11.6. The van der Waals surface area contributed by atoms with Gasteiger partial charge in [0, 0.05) is 5.56 Å². The summed E-state index contributed by atoms with van der Waals surface area (Å²) in [6.45, 7) is 1.57. The summed E-state index contributed by atoms with van der Waals surface area (Å²) in [7, 11) is 0. The van der Waals surface area contributed by atoms with Gasteiger partial charge in [0.1, 0.15) is 5.56 Å². The van der Waals surface area contributed by atoms with Gasteiger partial charge in [0.15, 0.2) is 16.7 Å². The highest BCUT2D eigenvalue weighted by atomic mass is 35.5. The second-order valence-electron chi connectivity index (χ2n) is 5.20. The van der Waals surface area contributed by atoms with Crippen LogP contribution in [-0.4, -0.2) is 16.1 Å². The highest BCUT2D eigenvalue weighted by Gasteiger charge is 2.28. The fourth-order valence-electron chi connectivity index (χ4n) is 2.26. The van der Waals surface area contributed by atoms with Crippen LogP contribution in [0.25, 0.3) is 0 Å². The molecule has 1 heterocycles. The molecule has 7 heteroatoms. The summed E-state index contributed by atoms with van der Waals surface area (Å²) in [6.07, 6.45) is 1.93. The van der Waals surface area contributed by atoms with E-state index in [0.717, 1.165) is 12.8 Å². The van der Waals surface area contributed by atoms with E-state index in [1.807, 2.05) is 0 Å². The van der Waals surface area contributed by atoms with Crippen LogP contribution >= 0.6 is 11.6 Å². The maximum absolute atomic E-state index is 14.4. The van der Waals surface area contributed by atoms with E-state index in [-0.39, 0.29) is 28.3 Å². The number of nitrogens with two attached hydrogens (primary N) is 1. The predicted octanol–water partition coefficient (Wildman–Crippen LogP) is 3.35. The first kappa shape index (κ1) is 14.7. The van der Waals surface area contributed by atoms with Crippen LogP contribution in [0.1, 0.15) is 40.2 Å². The van der Waals surface area contributed by atoms with E-state index in [9.17, 15) is 9.18 Å². The molecule has 1 aliphatic carbocycles. The Morgan fingerprint density at radius 3 is 2.77 bits per heavy atom. The lowest BCUT2D eigenvalue weighted by Gasteiger charge is -2.12. The molecule has 0 aliphatic heterocycles. The summed E-state index contributed by atoms with van der Waals surface area (Å²) in [5.74, 6) is -1.14. The normalized spacial score (nSPS) is 14.0. The Bertz CT molecular complexity index is 763. The molecule has 0 spiro atoms. The van der Waals surface area contributed by atoms with Crippen molar-refractivity contribution in [1.82, 2.24) is 10.2 Å². The summed E-state index contributed by atoms with van der Waals surface area (Å²) >= 11 is 5.83. The van der Waals surface area contributed by atoms with Crippen molar-refractivity contribution in [3.8, 4) is 11.6 Å². The second kappa shape index (κ2) is 5.53. The zero-order chi connectivity index (χ0) is 15.9. The molecule has 114 valence electrons. The average Bonchev–Trinajstić information content (AvgIpc) is 3.29. The number of ether oxygens (including phenoxy) is 1. The summed E-state index contributed by atoms with van der Waals surface area (Å²) < 4.78 is 19.9. The standard InChI is InChI=1S/C15H13ClFN3O2/c1-7-11(14(18)21)15(20-19-13(7)16)22-10-4-2-3-9(12(10)17)8-5-6-8/h2-4,8H,5-6H2,1H3,(H2,18,21). The minimum Gasteiger partial charge on any atom is -0.434 e. The first-order valence-corrected chi connectivity index (χ1v) is 7.15. The smallest absolute Gasteiger partial charge is 0.254 e. The topological polar surface area (TPSA) is 78.1 Å². The van der Waals surface area contributed by atoms with E-state index >= 15 is 0 Å². The van der Waals surface area contributed by atoms with Crippen LogP contribution in [0.3, 0.4) is 0 Å². The number of nitrogens with zero attached hydrogens (tertiary/aromatic N) is 2. The van der Waals surface area contributed by atoms with Crippen LogP contribution in [0, 0.1) is 12.7 Å². The van der Waals surface area contributed by atoms with Crippen molar-refractivity contribution < 1.29 is 13.9 Å². The monoisotopic (exact) mass is 321 g/mol. The Labute approximate surface area is 131 Å². The van der Waals surface area contributed by atoms with Gasteiger partial charge in [0.25, 0.3) is 11.8 Å². The minimum absolute atomic E-state index is 0.00350. The number of rotatable bonds is 4.